The van der Waals surface area contributed by atoms with E-state index < -0.39 is 0 Å². The van der Waals surface area contributed by atoms with Crippen LogP contribution in [0, 0.1) is 0 Å². The molecule has 3 nitrogen and oxygen atoms in total. The first kappa shape index (κ1) is 8.17. The monoisotopic (exact) mass is 151 g/mol. The van der Waals surface area contributed by atoms with Crippen LogP contribution in [-0.2, 0) is 6.42 Å². The van der Waals surface area contributed by atoms with Crippen LogP contribution < -0.4 is 11.3 Å². The predicted octanol–water partition coefficient (Wildman–Crippen LogP) is 0.476. The summed E-state index contributed by atoms with van der Waals surface area (Å²) in [5.41, 5.74) is 3.95. The lowest BCUT2D eigenvalue weighted by Crippen LogP contribution is -2.34. The van der Waals surface area contributed by atoms with Crippen molar-refractivity contribution >= 4 is 0 Å². The van der Waals surface area contributed by atoms with Gasteiger partial charge >= 0.3 is 0 Å². The maximum absolute atomic E-state index is 5.25. The Balaban J connectivity index is 2.51. The molecular weight excluding hydrogens is 138 g/mol. The Bertz CT molecular complexity index is 198. The van der Waals surface area contributed by atoms with Crippen LogP contribution >= 0.6 is 0 Å². The van der Waals surface area contributed by atoms with Gasteiger partial charge in [0.15, 0.2) is 0 Å². The molecule has 3 N–H and O–H groups in total. The minimum absolute atomic E-state index is 0.317. The molecule has 0 aliphatic carbocycles. The second-order valence-corrected chi connectivity index (χ2v) is 2.63. The zero-order valence-electron chi connectivity index (χ0n) is 6.62. The van der Waals surface area contributed by atoms with Crippen molar-refractivity contribution in [1.29, 1.82) is 0 Å². The van der Waals surface area contributed by atoms with Crippen molar-refractivity contribution in [3.8, 4) is 0 Å². The van der Waals surface area contributed by atoms with E-state index in [2.05, 4.69) is 10.4 Å². The maximum Gasteiger partial charge on any atom is 0.0270 e. The van der Waals surface area contributed by atoms with E-state index in [1.54, 1.807) is 12.4 Å². The summed E-state index contributed by atoms with van der Waals surface area (Å²) in [4.78, 5) is 3.93. The Morgan fingerprint density at radius 2 is 2.18 bits per heavy atom. The highest BCUT2D eigenvalue weighted by Gasteiger charge is 1.98. The number of hydrogen-bond donors (Lipinski definition) is 2. The first-order chi connectivity index (χ1) is 5.33. The molecule has 0 amide bonds. The van der Waals surface area contributed by atoms with E-state index in [4.69, 9.17) is 5.84 Å². The fourth-order valence-corrected chi connectivity index (χ4v) is 0.931. The van der Waals surface area contributed by atoms with Gasteiger partial charge in [-0.15, -0.1) is 0 Å². The van der Waals surface area contributed by atoms with Gasteiger partial charge in [-0.25, -0.2) is 0 Å². The molecule has 1 rings (SSSR count). The summed E-state index contributed by atoms with van der Waals surface area (Å²) in [6, 6.07) is 4.30. The summed E-state index contributed by atoms with van der Waals surface area (Å²) < 4.78 is 0. The van der Waals surface area contributed by atoms with Gasteiger partial charge in [-0.3, -0.25) is 16.3 Å². The van der Waals surface area contributed by atoms with Crippen molar-refractivity contribution in [3.05, 3.63) is 30.1 Å². The van der Waals surface area contributed by atoms with Gasteiger partial charge in [0.05, 0.1) is 0 Å². The van der Waals surface area contributed by atoms with Gasteiger partial charge in [-0.2, -0.15) is 0 Å². The third-order valence-electron chi connectivity index (χ3n) is 1.58. The molecule has 0 radical (unpaired) electrons. The fourth-order valence-electron chi connectivity index (χ4n) is 0.931. The van der Waals surface area contributed by atoms with Crippen molar-refractivity contribution < 1.29 is 0 Å². The van der Waals surface area contributed by atoms with Crippen LogP contribution in [0.2, 0.25) is 0 Å². The molecule has 3 heteroatoms. The number of nitrogens with two attached hydrogens (primary N) is 1. The predicted molar refractivity (Wildman–Crippen MR) is 44.7 cm³/mol. The van der Waals surface area contributed by atoms with Crippen LogP contribution in [0.1, 0.15) is 12.5 Å². The molecule has 0 saturated carbocycles. The average molecular weight is 151 g/mol. The Morgan fingerprint density at radius 1 is 1.55 bits per heavy atom. The lowest BCUT2D eigenvalue weighted by atomic mass is 10.1. The molecule has 0 aliphatic rings. The largest absolute Gasteiger partial charge is 0.271 e. The van der Waals surface area contributed by atoms with Gasteiger partial charge in [0.25, 0.3) is 0 Å². The van der Waals surface area contributed by atoms with Crippen molar-refractivity contribution in [1.82, 2.24) is 10.4 Å². The molecule has 60 valence electrons. The Kier molecular flexibility index (Phi) is 3.01. The lowest BCUT2D eigenvalue weighted by Gasteiger charge is -2.08. The number of rotatable bonds is 3. The zero-order chi connectivity index (χ0) is 8.10. The maximum atomic E-state index is 5.25. The minimum atomic E-state index is 0.317. The first-order valence-corrected chi connectivity index (χ1v) is 3.68. The molecule has 1 heterocycles. The summed E-state index contributed by atoms with van der Waals surface area (Å²) in [6.07, 6.45) is 4.52. The second kappa shape index (κ2) is 4.05. The Labute approximate surface area is 66.6 Å². The molecule has 1 unspecified atom stereocenters. The molecule has 0 saturated heterocycles. The van der Waals surface area contributed by atoms with Crippen LogP contribution in [0.3, 0.4) is 0 Å². The summed E-state index contributed by atoms with van der Waals surface area (Å²) in [7, 11) is 0. The summed E-state index contributed by atoms with van der Waals surface area (Å²) in [5, 5.41) is 0. The molecule has 11 heavy (non-hydrogen) atoms. The minimum Gasteiger partial charge on any atom is -0.271 e. The van der Waals surface area contributed by atoms with Crippen LogP contribution in [0.25, 0.3) is 0 Å². The molecule has 1 aromatic rings. The van der Waals surface area contributed by atoms with Gasteiger partial charge < -0.3 is 0 Å². The smallest absolute Gasteiger partial charge is 0.0270 e. The summed E-state index contributed by atoms with van der Waals surface area (Å²) in [6.45, 7) is 2.04. The van der Waals surface area contributed by atoms with Crippen molar-refractivity contribution in [2.75, 3.05) is 0 Å². The third kappa shape index (κ3) is 2.65. The van der Waals surface area contributed by atoms with E-state index in [0.717, 1.165) is 6.42 Å². The lowest BCUT2D eigenvalue weighted by molar-refractivity contribution is 0.567. The fraction of sp³-hybridized carbons (Fsp3) is 0.375. The van der Waals surface area contributed by atoms with Gasteiger partial charge in [-0.05, 0) is 31.0 Å². The van der Waals surface area contributed by atoms with Crippen LogP contribution in [0.4, 0.5) is 0 Å². The zero-order valence-corrected chi connectivity index (χ0v) is 6.62. The molecule has 0 aliphatic heterocycles. The molecule has 0 spiro atoms. The first-order valence-electron chi connectivity index (χ1n) is 3.68. The topological polar surface area (TPSA) is 50.9 Å². The number of pyridine rings is 1. The van der Waals surface area contributed by atoms with Gasteiger partial charge in [-0.1, -0.05) is 0 Å². The Hall–Kier alpha value is -0.930. The standard InChI is InChI=1S/C8H13N3/c1-7(11-9)6-8-2-4-10-5-3-8/h2-5,7,11H,6,9H2,1H3. The highest BCUT2D eigenvalue weighted by molar-refractivity contribution is 5.10. The number of hydrogen-bond acceptors (Lipinski definition) is 3. The van der Waals surface area contributed by atoms with Crippen LogP contribution in [0.5, 0.6) is 0 Å². The molecular formula is C8H13N3. The van der Waals surface area contributed by atoms with E-state index in [1.165, 1.54) is 5.56 Å². The molecule has 0 fully saturated rings. The van der Waals surface area contributed by atoms with Crippen molar-refractivity contribution in [3.63, 3.8) is 0 Å². The van der Waals surface area contributed by atoms with Gasteiger partial charge in [0.2, 0.25) is 0 Å². The molecule has 0 aromatic carbocycles. The van der Waals surface area contributed by atoms with Gasteiger partial charge in [0, 0.05) is 18.4 Å². The number of hydrazine groups is 1. The van der Waals surface area contributed by atoms with Crippen molar-refractivity contribution in [2.24, 2.45) is 5.84 Å². The number of nitrogens with one attached hydrogen (secondary N) is 1. The van der Waals surface area contributed by atoms with E-state index >= 15 is 0 Å². The average Bonchev–Trinajstić information content (AvgIpc) is 2.06. The van der Waals surface area contributed by atoms with Gasteiger partial charge in [0.1, 0.15) is 0 Å². The van der Waals surface area contributed by atoms with E-state index in [0.29, 0.717) is 6.04 Å². The Morgan fingerprint density at radius 3 is 2.73 bits per heavy atom. The molecule has 0 bridgehead atoms. The SMILES string of the molecule is CC(Cc1ccncc1)NN. The van der Waals surface area contributed by atoms with E-state index in [1.807, 2.05) is 19.1 Å². The molecule has 1 atom stereocenters. The van der Waals surface area contributed by atoms with E-state index in [9.17, 15) is 0 Å². The summed E-state index contributed by atoms with van der Waals surface area (Å²) >= 11 is 0. The number of aromatic nitrogens is 1. The summed E-state index contributed by atoms with van der Waals surface area (Å²) in [5.74, 6) is 5.25. The van der Waals surface area contributed by atoms with E-state index in [-0.39, 0.29) is 0 Å². The van der Waals surface area contributed by atoms with Crippen LogP contribution in [0.15, 0.2) is 24.5 Å². The highest BCUT2D eigenvalue weighted by atomic mass is 15.2. The second-order valence-electron chi connectivity index (χ2n) is 2.63. The third-order valence-corrected chi connectivity index (χ3v) is 1.58. The highest BCUT2D eigenvalue weighted by Crippen LogP contribution is 1.99. The van der Waals surface area contributed by atoms with Crippen LogP contribution in [-0.4, -0.2) is 11.0 Å². The molecule has 1 aromatic heterocycles. The quantitative estimate of drug-likeness (QED) is 0.488. The normalized spacial score (nSPS) is 12.9. The van der Waals surface area contributed by atoms with Crippen molar-refractivity contribution in [2.45, 2.75) is 19.4 Å². The number of nitrogens with zero attached hydrogens (tertiary/aromatic N) is 1.